The number of hydrogen-bond acceptors (Lipinski definition) is 5. The summed E-state index contributed by atoms with van der Waals surface area (Å²) in [6.07, 6.45) is -4.86. The van der Waals surface area contributed by atoms with Crippen molar-refractivity contribution in [2.75, 3.05) is 0 Å². The molecule has 0 fully saturated rings. The Kier molecular flexibility index (Phi) is 8.09. The van der Waals surface area contributed by atoms with Gasteiger partial charge < -0.3 is 19.7 Å². The number of benzene rings is 3. The number of ether oxygens (including phenoxy) is 2. The van der Waals surface area contributed by atoms with Crippen LogP contribution in [0.25, 0.3) is 11.1 Å². The lowest BCUT2D eigenvalue weighted by Gasteiger charge is -2.22. The Bertz CT molecular complexity index is 1340. The van der Waals surface area contributed by atoms with Crippen molar-refractivity contribution in [2.45, 2.75) is 58.9 Å². The molecule has 0 saturated carbocycles. The molecule has 3 rings (SSSR count). The zero-order chi connectivity index (χ0) is 28.4. The lowest BCUT2D eigenvalue weighted by molar-refractivity contribution is -0.139. The summed E-state index contributed by atoms with van der Waals surface area (Å²) < 4.78 is 51.0. The van der Waals surface area contributed by atoms with Crippen molar-refractivity contribution in [3.05, 3.63) is 82.4 Å². The quantitative estimate of drug-likeness (QED) is 0.316. The number of carboxylic acid groups (broad SMARTS) is 1. The topological polar surface area (TPSA) is 93.1 Å². The molecule has 0 radical (unpaired) electrons. The fraction of sp³-hybridized carbons (Fsp3) is 0.310. The molecule has 6 nitrogen and oxygen atoms in total. The zero-order valence-electron chi connectivity index (χ0n) is 21.6. The van der Waals surface area contributed by atoms with Gasteiger partial charge in [-0.2, -0.15) is 13.2 Å². The Morgan fingerprint density at radius 3 is 2.13 bits per heavy atom. The third-order valence-corrected chi connectivity index (χ3v) is 5.85. The number of alkyl halides is 3. The fourth-order valence-corrected chi connectivity index (χ4v) is 3.85. The number of hydrogen-bond donors (Lipinski definition) is 2. The van der Waals surface area contributed by atoms with Gasteiger partial charge in [-0.15, -0.1) is 0 Å². The molecule has 3 aromatic rings. The van der Waals surface area contributed by atoms with Crippen molar-refractivity contribution in [1.82, 2.24) is 0 Å². The van der Waals surface area contributed by atoms with Crippen molar-refractivity contribution < 1.29 is 42.4 Å². The molecule has 1 unspecified atom stereocenters. The molecule has 0 aliphatic heterocycles. The lowest BCUT2D eigenvalue weighted by atomic mass is 9.94. The highest BCUT2D eigenvalue weighted by atomic mass is 19.4. The van der Waals surface area contributed by atoms with E-state index in [1.54, 1.807) is 58.0 Å². The van der Waals surface area contributed by atoms with Gasteiger partial charge in [-0.1, -0.05) is 36.4 Å². The van der Waals surface area contributed by atoms with Crippen LogP contribution in [-0.2, 0) is 22.3 Å². The molecule has 3 aromatic carbocycles. The van der Waals surface area contributed by atoms with Gasteiger partial charge in [0.1, 0.15) is 29.3 Å². The van der Waals surface area contributed by atoms with Crippen LogP contribution in [0.3, 0.4) is 0 Å². The second-order valence-electron chi connectivity index (χ2n) is 9.94. The number of rotatable bonds is 7. The Hall–Kier alpha value is -4.01. The van der Waals surface area contributed by atoms with Crippen LogP contribution in [0, 0.1) is 6.92 Å². The molecule has 0 aliphatic rings. The van der Waals surface area contributed by atoms with Gasteiger partial charge in [0.25, 0.3) is 0 Å². The lowest BCUT2D eigenvalue weighted by Crippen LogP contribution is -2.25. The van der Waals surface area contributed by atoms with E-state index in [1.807, 2.05) is 19.1 Å². The number of carboxylic acids is 1. The van der Waals surface area contributed by atoms with Crippen LogP contribution in [0.5, 0.6) is 11.5 Å². The van der Waals surface area contributed by atoms with Crippen molar-refractivity contribution in [2.24, 2.45) is 0 Å². The minimum absolute atomic E-state index is 0.0350. The van der Waals surface area contributed by atoms with Gasteiger partial charge in [0.15, 0.2) is 0 Å². The molecule has 38 heavy (non-hydrogen) atoms. The number of phenolic OH excluding ortho intramolecular Hbond substituents is 1. The first-order valence-electron chi connectivity index (χ1n) is 11.8. The summed E-state index contributed by atoms with van der Waals surface area (Å²) in [7, 11) is 0. The van der Waals surface area contributed by atoms with Gasteiger partial charge in [-0.05, 0) is 75.1 Å². The molecular formula is C29H29F3O6. The van der Waals surface area contributed by atoms with E-state index in [0.717, 1.165) is 22.8 Å². The van der Waals surface area contributed by atoms with Gasteiger partial charge >= 0.3 is 18.1 Å². The van der Waals surface area contributed by atoms with Crippen molar-refractivity contribution >= 4 is 11.9 Å². The molecule has 9 heteroatoms. The van der Waals surface area contributed by atoms with Crippen LogP contribution in [0.4, 0.5) is 13.2 Å². The van der Waals surface area contributed by atoms with Gasteiger partial charge in [-0.3, -0.25) is 4.79 Å². The number of phenols is 1. The number of carbonyl (C=O) groups is 2. The highest BCUT2D eigenvalue weighted by Crippen LogP contribution is 2.39. The van der Waals surface area contributed by atoms with Crippen LogP contribution >= 0.6 is 0 Å². The normalized spacial score (nSPS) is 12.6. The molecule has 0 aromatic heterocycles. The van der Waals surface area contributed by atoms with E-state index in [9.17, 15) is 33.0 Å². The van der Waals surface area contributed by atoms with E-state index < -0.39 is 46.5 Å². The first kappa shape index (κ1) is 28.6. The maximum Gasteiger partial charge on any atom is 0.419 e. The van der Waals surface area contributed by atoms with Gasteiger partial charge in [-0.25, -0.2) is 4.79 Å². The molecule has 0 bridgehead atoms. The summed E-state index contributed by atoms with van der Waals surface area (Å²) in [4.78, 5) is 24.0. The Labute approximate surface area is 218 Å². The molecule has 0 aliphatic carbocycles. The second-order valence-corrected chi connectivity index (χ2v) is 9.94. The molecule has 0 heterocycles. The third kappa shape index (κ3) is 6.65. The summed E-state index contributed by atoms with van der Waals surface area (Å²) in [5.41, 5.74) is 0.443. The average Bonchev–Trinajstić information content (AvgIpc) is 2.80. The number of aliphatic carboxylic acids is 1. The maximum atomic E-state index is 13.3. The Balaban J connectivity index is 1.84. The first-order chi connectivity index (χ1) is 17.6. The van der Waals surface area contributed by atoms with Gasteiger partial charge in [0.05, 0.1) is 11.5 Å². The van der Waals surface area contributed by atoms with Gasteiger partial charge in [0.2, 0.25) is 0 Å². The highest BCUT2D eigenvalue weighted by molar-refractivity contribution is 5.95. The predicted octanol–water partition coefficient (Wildman–Crippen LogP) is 7.11. The van der Waals surface area contributed by atoms with Crippen LogP contribution in [0.1, 0.15) is 66.2 Å². The molecular weight excluding hydrogens is 501 g/mol. The summed E-state index contributed by atoms with van der Waals surface area (Å²) >= 11 is 0. The van der Waals surface area contributed by atoms with Crippen LogP contribution in [-0.4, -0.2) is 27.8 Å². The standard InChI is InChI=1S/C29H29F3O6/c1-16-14-19(17(2)26(34)35)8-12-22(16)18-6-10-21(11-7-18)37-15-20-9-13-23(29(30,31)32)25(33)24(20)27(36)38-28(3,4)5/h6-14,17,33H,15H2,1-5H3,(H,34,35). The summed E-state index contributed by atoms with van der Waals surface area (Å²) in [6, 6.07) is 14.1. The van der Waals surface area contributed by atoms with Crippen LogP contribution in [0.15, 0.2) is 54.6 Å². The molecule has 0 saturated heterocycles. The van der Waals surface area contributed by atoms with Crippen molar-refractivity contribution in [3.8, 4) is 22.6 Å². The first-order valence-corrected chi connectivity index (χ1v) is 11.8. The van der Waals surface area contributed by atoms with Crippen LogP contribution in [0.2, 0.25) is 0 Å². The summed E-state index contributed by atoms with van der Waals surface area (Å²) in [5.74, 6) is -3.45. The van der Waals surface area contributed by atoms with Crippen molar-refractivity contribution in [3.63, 3.8) is 0 Å². The van der Waals surface area contributed by atoms with E-state index in [4.69, 9.17) is 9.47 Å². The Morgan fingerprint density at radius 1 is 0.974 bits per heavy atom. The minimum atomic E-state index is -4.86. The second kappa shape index (κ2) is 10.8. The van der Waals surface area contributed by atoms with E-state index in [-0.39, 0.29) is 12.2 Å². The third-order valence-electron chi connectivity index (χ3n) is 5.85. The molecule has 0 spiro atoms. The van der Waals surface area contributed by atoms with Gasteiger partial charge in [0, 0.05) is 5.56 Å². The molecule has 1 atom stereocenters. The SMILES string of the molecule is Cc1cc(C(C)C(=O)O)ccc1-c1ccc(OCc2ccc(C(F)(F)F)c(O)c2C(=O)OC(C)(C)C)cc1. The highest BCUT2D eigenvalue weighted by Gasteiger charge is 2.37. The number of esters is 1. The van der Waals surface area contributed by atoms with Crippen molar-refractivity contribution in [1.29, 1.82) is 0 Å². The molecule has 0 amide bonds. The number of aromatic hydroxyl groups is 1. The summed E-state index contributed by atoms with van der Waals surface area (Å²) in [5, 5.41) is 19.6. The largest absolute Gasteiger partial charge is 0.506 e. The Morgan fingerprint density at radius 2 is 1.61 bits per heavy atom. The summed E-state index contributed by atoms with van der Waals surface area (Å²) in [6.45, 7) is 7.90. The van der Waals surface area contributed by atoms with E-state index in [2.05, 4.69) is 0 Å². The van der Waals surface area contributed by atoms with E-state index in [0.29, 0.717) is 17.4 Å². The smallest absolute Gasteiger partial charge is 0.419 e. The predicted molar refractivity (Wildman–Crippen MR) is 135 cm³/mol. The average molecular weight is 531 g/mol. The molecule has 202 valence electrons. The zero-order valence-corrected chi connectivity index (χ0v) is 21.6. The van der Waals surface area contributed by atoms with Crippen LogP contribution < -0.4 is 4.74 Å². The maximum absolute atomic E-state index is 13.3. The number of carbonyl (C=O) groups excluding carboxylic acids is 1. The number of aryl methyl sites for hydroxylation is 1. The fourth-order valence-electron chi connectivity index (χ4n) is 3.85. The minimum Gasteiger partial charge on any atom is -0.506 e. The van der Waals surface area contributed by atoms with E-state index >= 15 is 0 Å². The monoisotopic (exact) mass is 530 g/mol. The molecule has 2 N–H and O–H groups in total. The van der Waals surface area contributed by atoms with E-state index in [1.165, 1.54) is 0 Å². The number of halogens is 3.